The predicted molar refractivity (Wildman–Crippen MR) is 85.8 cm³/mol. The summed E-state index contributed by atoms with van der Waals surface area (Å²) in [6, 6.07) is 9.07. The van der Waals surface area contributed by atoms with Crippen LogP contribution >= 0.6 is 0 Å². The molecule has 0 amide bonds. The van der Waals surface area contributed by atoms with Gasteiger partial charge in [0.2, 0.25) is 6.17 Å². The highest BCUT2D eigenvalue weighted by molar-refractivity contribution is 5.91. The van der Waals surface area contributed by atoms with Gasteiger partial charge in [0, 0.05) is 0 Å². The summed E-state index contributed by atoms with van der Waals surface area (Å²) in [5.74, 6) is 0.580. The number of carbonyl (C=O) groups excluding carboxylic acids is 1. The van der Waals surface area contributed by atoms with Crippen molar-refractivity contribution in [3.05, 3.63) is 35.4 Å². The summed E-state index contributed by atoms with van der Waals surface area (Å²) in [5, 5.41) is 0. The highest BCUT2D eigenvalue weighted by Gasteiger charge is 2.69. The number of benzene rings is 1. The van der Waals surface area contributed by atoms with Crippen LogP contribution in [0.1, 0.15) is 44.0 Å². The second kappa shape index (κ2) is 4.65. The second-order valence-electron chi connectivity index (χ2n) is 8.29. The van der Waals surface area contributed by atoms with E-state index in [0.29, 0.717) is 11.9 Å². The number of Topliss-reactive ketones (excluding diaryl/α,β-unsaturated/α-hetero) is 1. The standard InChI is InChI=1S/C19H26N2O/c1-4-9-19-12-20-10-18(3,17(19)22)11-21(13-19)16(20)15-7-5-14(2)6-8-15/h5-8,16H,4,9-13H2,1-3H3/p+2. The fourth-order valence-electron chi connectivity index (χ4n) is 5.78. The quantitative estimate of drug-likeness (QED) is 0.817. The van der Waals surface area contributed by atoms with Gasteiger partial charge in [-0.25, -0.2) is 0 Å². The minimum Gasteiger partial charge on any atom is -0.297 e. The van der Waals surface area contributed by atoms with Crippen molar-refractivity contribution in [2.75, 3.05) is 26.2 Å². The molecule has 4 aliphatic rings. The number of hydrogen-bond donors (Lipinski definition) is 2. The number of nitrogens with one attached hydrogen (secondary N) is 2. The number of carbonyl (C=O) groups is 1. The molecule has 1 aromatic carbocycles. The summed E-state index contributed by atoms with van der Waals surface area (Å²) >= 11 is 0. The molecule has 0 aromatic heterocycles. The zero-order chi connectivity index (χ0) is 15.5. The lowest BCUT2D eigenvalue weighted by Gasteiger charge is -2.59. The first-order valence-electron chi connectivity index (χ1n) is 8.78. The van der Waals surface area contributed by atoms with Crippen molar-refractivity contribution in [2.45, 2.75) is 39.8 Å². The molecule has 0 saturated carbocycles. The summed E-state index contributed by atoms with van der Waals surface area (Å²) in [4.78, 5) is 16.4. The van der Waals surface area contributed by atoms with E-state index in [1.807, 2.05) is 0 Å². The SMILES string of the molecule is CCCC12C[NH+]3CC(C)(C[NH+](C1)C3c1ccc(C)cc1)C2=O. The van der Waals surface area contributed by atoms with Gasteiger partial charge in [0.25, 0.3) is 0 Å². The van der Waals surface area contributed by atoms with Crippen LogP contribution in [0.15, 0.2) is 24.3 Å². The summed E-state index contributed by atoms with van der Waals surface area (Å²) < 4.78 is 0. The summed E-state index contributed by atoms with van der Waals surface area (Å²) in [6.07, 6.45) is 2.74. The first-order chi connectivity index (χ1) is 10.5. The van der Waals surface area contributed by atoms with E-state index in [9.17, 15) is 4.79 Å². The Kier molecular flexibility index (Phi) is 3.05. The number of ketones is 1. The monoisotopic (exact) mass is 300 g/mol. The maximum Gasteiger partial charge on any atom is 0.240 e. The molecule has 4 saturated heterocycles. The van der Waals surface area contributed by atoms with Gasteiger partial charge in [0.05, 0.1) is 18.7 Å². The molecule has 118 valence electrons. The van der Waals surface area contributed by atoms with Crippen LogP contribution in [0.4, 0.5) is 0 Å². The molecule has 22 heavy (non-hydrogen) atoms. The lowest BCUT2D eigenvalue weighted by Crippen LogP contribution is -3.41. The third kappa shape index (κ3) is 1.85. The zero-order valence-corrected chi connectivity index (χ0v) is 14.0. The Bertz CT molecular complexity index is 590. The van der Waals surface area contributed by atoms with Crippen LogP contribution in [0.2, 0.25) is 0 Å². The largest absolute Gasteiger partial charge is 0.297 e. The van der Waals surface area contributed by atoms with Gasteiger partial charge in [-0.3, -0.25) is 14.6 Å². The van der Waals surface area contributed by atoms with Gasteiger partial charge in [-0.05, 0) is 32.4 Å². The lowest BCUT2D eigenvalue weighted by atomic mass is 9.59. The van der Waals surface area contributed by atoms with Crippen LogP contribution < -0.4 is 9.80 Å². The van der Waals surface area contributed by atoms with Crippen molar-refractivity contribution in [1.29, 1.82) is 0 Å². The molecule has 0 spiro atoms. The molecular formula is C19H28N2O+2. The summed E-state index contributed by atoms with van der Waals surface area (Å²) in [5.41, 5.74) is 2.66. The molecule has 0 radical (unpaired) electrons. The molecule has 2 unspecified atom stereocenters. The molecule has 4 fully saturated rings. The Labute approximate surface area is 133 Å². The number of quaternary nitrogens is 2. The minimum absolute atomic E-state index is 0.0358. The second-order valence-corrected chi connectivity index (χ2v) is 8.29. The van der Waals surface area contributed by atoms with Crippen LogP contribution in [-0.2, 0) is 4.79 Å². The van der Waals surface area contributed by atoms with E-state index in [0.717, 1.165) is 39.0 Å². The van der Waals surface area contributed by atoms with Crippen LogP contribution in [0.3, 0.4) is 0 Å². The van der Waals surface area contributed by atoms with Gasteiger partial charge in [-0.15, -0.1) is 0 Å². The van der Waals surface area contributed by atoms with Crippen molar-refractivity contribution in [3.8, 4) is 0 Å². The van der Waals surface area contributed by atoms with Crippen molar-refractivity contribution >= 4 is 5.78 Å². The number of aryl methyl sites for hydroxylation is 1. The number of piperidine rings is 2. The Hall–Kier alpha value is -1.19. The smallest absolute Gasteiger partial charge is 0.240 e. The topological polar surface area (TPSA) is 26.0 Å². The zero-order valence-electron chi connectivity index (χ0n) is 14.0. The van der Waals surface area contributed by atoms with Crippen molar-refractivity contribution in [3.63, 3.8) is 0 Å². The van der Waals surface area contributed by atoms with Crippen LogP contribution in [0, 0.1) is 17.8 Å². The molecule has 0 aliphatic carbocycles. The highest BCUT2D eigenvalue weighted by Crippen LogP contribution is 2.39. The number of hydrogen-bond acceptors (Lipinski definition) is 1. The Balaban J connectivity index is 1.71. The van der Waals surface area contributed by atoms with E-state index in [-0.39, 0.29) is 10.8 Å². The van der Waals surface area contributed by atoms with E-state index >= 15 is 0 Å². The maximum absolute atomic E-state index is 13.1. The van der Waals surface area contributed by atoms with E-state index in [1.54, 1.807) is 9.80 Å². The van der Waals surface area contributed by atoms with Gasteiger partial charge >= 0.3 is 0 Å². The molecule has 2 N–H and O–H groups in total. The first kappa shape index (κ1) is 14.4. The van der Waals surface area contributed by atoms with E-state index in [2.05, 4.69) is 45.0 Å². The molecule has 3 heteroatoms. The maximum atomic E-state index is 13.1. The first-order valence-corrected chi connectivity index (χ1v) is 8.78. The minimum atomic E-state index is -0.0858. The molecule has 2 atom stereocenters. The van der Waals surface area contributed by atoms with Gasteiger partial charge in [-0.1, -0.05) is 31.0 Å². The fraction of sp³-hybridized carbons (Fsp3) is 0.632. The van der Waals surface area contributed by atoms with E-state index < -0.39 is 0 Å². The summed E-state index contributed by atoms with van der Waals surface area (Å²) in [6.45, 7) is 10.8. The van der Waals surface area contributed by atoms with Crippen LogP contribution in [0.5, 0.6) is 0 Å². The Morgan fingerprint density at radius 2 is 1.68 bits per heavy atom. The van der Waals surface area contributed by atoms with Crippen molar-refractivity contribution in [1.82, 2.24) is 0 Å². The molecule has 4 aliphatic heterocycles. The third-order valence-corrected chi connectivity index (χ3v) is 6.35. The lowest BCUT2D eigenvalue weighted by molar-refractivity contribution is -1.18. The molecule has 4 heterocycles. The molecule has 4 bridgehead atoms. The van der Waals surface area contributed by atoms with Crippen molar-refractivity contribution < 1.29 is 14.6 Å². The van der Waals surface area contributed by atoms with Gasteiger partial charge in [0.15, 0.2) is 5.78 Å². The Morgan fingerprint density at radius 1 is 1.09 bits per heavy atom. The average molecular weight is 300 g/mol. The van der Waals surface area contributed by atoms with Gasteiger partial charge in [-0.2, -0.15) is 0 Å². The van der Waals surface area contributed by atoms with Gasteiger partial charge in [0.1, 0.15) is 23.9 Å². The Morgan fingerprint density at radius 3 is 2.23 bits per heavy atom. The highest BCUT2D eigenvalue weighted by atomic mass is 16.1. The predicted octanol–water partition coefficient (Wildman–Crippen LogP) is 0.166. The molecular weight excluding hydrogens is 272 g/mol. The molecule has 1 aromatic rings. The number of rotatable bonds is 3. The molecule has 5 rings (SSSR count). The normalized spacial score (nSPS) is 42.9. The van der Waals surface area contributed by atoms with Gasteiger partial charge < -0.3 is 0 Å². The van der Waals surface area contributed by atoms with E-state index in [4.69, 9.17) is 0 Å². The van der Waals surface area contributed by atoms with E-state index in [1.165, 1.54) is 11.1 Å². The third-order valence-electron chi connectivity index (χ3n) is 6.35. The van der Waals surface area contributed by atoms with Crippen molar-refractivity contribution in [2.24, 2.45) is 10.8 Å². The van der Waals surface area contributed by atoms with Crippen LogP contribution in [-0.4, -0.2) is 32.0 Å². The molecule has 3 nitrogen and oxygen atoms in total. The fourth-order valence-corrected chi connectivity index (χ4v) is 5.78. The van der Waals surface area contributed by atoms with Crippen LogP contribution in [0.25, 0.3) is 0 Å². The average Bonchev–Trinajstić information content (AvgIpc) is 2.45. The summed E-state index contributed by atoms with van der Waals surface area (Å²) in [7, 11) is 0.